The molecule has 0 bridgehead atoms. The van der Waals surface area contributed by atoms with E-state index in [4.69, 9.17) is 18.9 Å². The van der Waals surface area contributed by atoms with Crippen LogP contribution in [0.3, 0.4) is 0 Å². The van der Waals surface area contributed by atoms with Gasteiger partial charge in [0.2, 0.25) is 6.10 Å². The summed E-state index contributed by atoms with van der Waals surface area (Å²) in [6, 6.07) is 2.49. The number of nitrogens with zero attached hydrogens (tertiary/aromatic N) is 3. The molecule has 4 rings (SSSR count). The molecule has 10 nitrogen and oxygen atoms in total. The Hall–Kier alpha value is -3.51. The molecule has 1 fully saturated rings. The van der Waals surface area contributed by atoms with E-state index in [2.05, 4.69) is 0 Å². The van der Waals surface area contributed by atoms with E-state index in [1.54, 1.807) is 26.0 Å². The number of hydrogen-bond donors (Lipinski definition) is 1. The zero-order chi connectivity index (χ0) is 23.2. The number of hydrogen-bond acceptors (Lipinski definition) is 7. The molecule has 2 atom stereocenters. The fraction of sp³-hybridized carbons (Fsp3) is 0.474. The summed E-state index contributed by atoms with van der Waals surface area (Å²) >= 11 is 0. The predicted molar refractivity (Wildman–Crippen MR) is 100 cm³/mol. The van der Waals surface area contributed by atoms with Gasteiger partial charge in [-0.05, 0) is 44.4 Å². The van der Waals surface area contributed by atoms with Crippen LogP contribution in [0.15, 0.2) is 22.3 Å². The van der Waals surface area contributed by atoms with Crippen LogP contribution in [-0.4, -0.2) is 58.7 Å². The van der Waals surface area contributed by atoms with Crippen molar-refractivity contribution in [2.45, 2.75) is 45.0 Å². The number of esters is 1. The van der Waals surface area contributed by atoms with Gasteiger partial charge in [-0.1, -0.05) is 11.6 Å². The van der Waals surface area contributed by atoms with Crippen LogP contribution in [0.5, 0.6) is 5.75 Å². The SMILES string of the molecule is Cc1cc(C)c2c(c1)C=C(C(=O)OCOn1on1N1CCC[C@H]1C(=O)O)[C@@H](C(F)(F)F)O2. The van der Waals surface area contributed by atoms with Crippen molar-refractivity contribution in [3.8, 4) is 5.75 Å². The second kappa shape index (κ2) is 7.88. The van der Waals surface area contributed by atoms with Crippen molar-refractivity contribution in [2.75, 3.05) is 18.3 Å². The van der Waals surface area contributed by atoms with Gasteiger partial charge in [-0.25, -0.2) is 14.6 Å². The van der Waals surface area contributed by atoms with E-state index in [1.165, 1.54) is 5.01 Å². The molecule has 3 heterocycles. The quantitative estimate of drug-likeness (QED) is 0.517. The fourth-order valence-corrected chi connectivity index (χ4v) is 3.76. The average molecular weight is 459 g/mol. The molecule has 0 spiro atoms. The summed E-state index contributed by atoms with van der Waals surface area (Å²) < 4.78 is 55.6. The van der Waals surface area contributed by atoms with Gasteiger partial charge in [-0.15, -0.1) is 0 Å². The maximum Gasteiger partial charge on any atom is 0.430 e. The van der Waals surface area contributed by atoms with E-state index in [9.17, 15) is 27.9 Å². The molecule has 0 saturated carbocycles. The first-order chi connectivity index (χ1) is 15.1. The second-order valence-electron chi connectivity index (χ2n) is 7.55. The molecule has 2 aromatic rings. The molecule has 2 aliphatic heterocycles. The lowest BCUT2D eigenvalue weighted by Crippen LogP contribution is -2.42. The zero-order valence-electron chi connectivity index (χ0n) is 17.1. The Balaban J connectivity index is 1.43. The van der Waals surface area contributed by atoms with Gasteiger partial charge in [0.15, 0.2) is 0 Å². The summed E-state index contributed by atoms with van der Waals surface area (Å²) in [7, 11) is 0. The molecule has 32 heavy (non-hydrogen) atoms. The molecule has 1 aromatic heterocycles. The molecule has 0 aliphatic carbocycles. The lowest BCUT2D eigenvalue weighted by molar-refractivity contribution is -0.190. The van der Waals surface area contributed by atoms with E-state index in [-0.39, 0.29) is 5.75 Å². The van der Waals surface area contributed by atoms with Crippen LogP contribution in [0.2, 0.25) is 0 Å². The standard InChI is InChI=1S/C19H20F3N3O7/c1-10-6-11(2)15-12(7-10)8-13(16(31-15)19(20,21)22)18(28)29-9-30-25-24(32-25)23-5-3-4-14(23)17(26)27/h6-8,14,16H,3-5,9H2,1-2H3,(H,26,27)/t14-,16-,24?,25?/m0/s1. The number of alkyl halides is 3. The van der Waals surface area contributed by atoms with Crippen LogP contribution in [0, 0.1) is 13.8 Å². The fourth-order valence-electron chi connectivity index (χ4n) is 3.76. The van der Waals surface area contributed by atoms with Gasteiger partial charge in [-0.3, -0.25) is 0 Å². The van der Waals surface area contributed by atoms with Crippen molar-refractivity contribution in [1.29, 1.82) is 0 Å². The largest absolute Gasteiger partial charge is 0.480 e. The van der Waals surface area contributed by atoms with Gasteiger partial charge in [-0.2, -0.15) is 17.8 Å². The highest BCUT2D eigenvalue weighted by molar-refractivity contribution is 5.96. The number of fused-ring (bicyclic) bond motifs is 1. The van der Waals surface area contributed by atoms with Crippen molar-refractivity contribution in [1.82, 2.24) is 9.98 Å². The summed E-state index contributed by atoms with van der Waals surface area (Å²) in [5.41, 5.74) is 0.933. The van der Waals surface area contributed by atoms with Crippen LogP contribution >= 0.6 is 0 Å². The number of carbonyl (C=O) groups is 2. The van der Waals surface area contributed by atoms with Crippen molar-refractivity contribution >= 4 is 18.0 Å². The summed E-state index contributed by atoms with van der Waals surface area (Å²) in [6.07, 6.45) is -5.18. The number of aromatic nitrogens is 2. The van der Waals surface area contributed by atoms with Gasteiger partial charge in [0.25, 0.3) is 6.79 Å². The number of aliphatic carboxylic acids is 1. The highest BCUT2D eigenvalue weighted by atomic mass is 19.4. The maximum atomic E-state index is 13.5. The highest BCUT2D eigenvalue weighted by Gasteiger charge is 2.49. The molecular weight excluding hydrogens is 439 g/mol. The molecule has 13 heteroatoms. The van der Waals surface area contributed by atoms with Crippen LogP contribution in [0.25, 0.3) is 6.08 Å². The Bertz CT molecular complexity index is 1070. The first-order valence-electron chi connectivity index (χ1n) is 9.70. The normalized spacial score (nSPS) is 20.5. The summed E-state index contributed by atoms with van der Waals surface area (Å²) in [6.45, 7) is 3.04. The Morgan fingerprint density at radius 3 is 2.72 bits per heavy atom. The summed E-state index contributed by atoms with van der Waals surface area (Å²) in [5, 5.41) is 11.3. The van der Waals surface area contributed by atoms with Crippen molar-refractivity contribution in [2.24, 2.45) is 0 Å². The van der Waals surface area contributed by atoms with Crippen LogP contribution in [0.4, 0.5) is 13.2 Å². The number of carbonyl (C=O) groups excluding carboxylic acids is 1. The van der Waals surface area contributed by atoms with E-state index in [1.807, 2.05) is 0 Å². The summed E-state index contributed by atoms with van der Waals surface area (Å²) in [5.74, 6) is -2.25. The minimum absolute atomic E-state index is 0.0532. The zero-order valence-corrected chi connectivity index (χ0v) is 17.1. The Kier molecular flexibility index (Phi) is 5.34. The highest BCUT2D eigenvalue weighted by Crippen LogP contribution is 2.39. The predicted octanol–water partition coefficient (Wildman–Crippen LogP) is 2.02. The molecule has 1 saturated heterocycles. The second-order valence-corrected chi connectivity index (χ2v) is 7.55. The third kappa shape index (κ3) is 4.14. The molecule has 2 aliphatic rings. The molecule has 0 unspecified atom stereocenters. The number of rotatable bonds is 6. The topological polar surface area (TPSA) is 108 Å². The van der Waals surface area contributed by atoms with Crippen LogP contribution < -0.4 is 14.6 Å². The van der Waals surface area contributed by atoms with Gasteiger partial charge in [0, 0.05) is 12.1 Å². The van der Waals surface area contributed by atoms with E-state index in [0.29, 0.717) is 30.5 Å². The minimum Gasteiger partial charge on any atom is -0.480 e. The van der Waals surface area contributed by atoms with E-state index in [0.717, 1.165) is 21.6 Å². The Labute approximate surface area is 179 Å². The number of ether oxygens (including phenoxy) is 2. The first-order valence-corrected chi connectivity index (χ1v) is 9.70. The molecule has 0 amide bonds. The molecular formula is C19H20F3N3O7. The number of carboxylic acid groups (broad SMARTS) is 1. The monoisotopic (exact) mass is 459 g/mol. The lowest BCUT2D eigenvalue weighted by atomic mass is 9.97. The minimum atomic E-state index is -4.85. The van der Waals surface area contributed by atoms with Crippen molar-refractivity contribution in [3.05, 3.63) is 34.4 Å². The Morgan fingerprint density at radius 1 is 1.28 bits per heavy atom. The molecule has 0 radical (unpaired) electrons. The average Bonchev–Trinajstić information content (AvgIpc) is 3.28. The van der Waals surface area contributed by atoms with Gasteiger partial charge < -0.3 is 19.4 Å². The van der Waals surface area contributed by atoms with Crippen LogP contribution in [0.1, 0.15) is 29.5 Å². The number of halogens is 3. The third-order valence-electron chi connectivity index (χ3n) is 5.15. The molecule has 1 N–H and O–H groups in total. The van der Waals surface area contributed by atoms with Crippen molar-refractivity contribution in [3.63, 3.8) is 0 Å². The smallest absolute Gasteiger partial charge is 0.430 e. The number of aryl methyl sites for hydroxylation is 2. The summed E-state index contributed by atoms with van der Waals surface area (Å²) in [4.78, 5) is 29.6. The Morgan fingerprint density at radius 2 is 2.03 bits per heavy atom. The number of carboxylic acids is 1. The lowest BCUT2D eigenvalue weighted by Gasteiger charge is -2.29. The van der Waals surface area contributed by atoms with E-state index < -0.39 is 42.6 Å². The van der Waals surface area contributed by atoms with Gasteiger partial charge in [0.05, 0.1) is 10.5 Å². The van der Waals surface area contributed by atoms with Gasteiger partial charge >= 0.3 is 18.1 Å². The van der Waals surface area contributed by atoms with E-state index >= 15 is 0 Å². The van der Waals surface area contributed by atoms with Crippen molar-refractivity contribution < 1.29 is 46.8 Å². The maximum absolute atomic E-state index is 13.5. The third-order valence-corrected chi connectivity index (χ3v) is 5.15. The van der Waals surface area contributed by atoms with Crippen LogP contribution in [-0.2, 0) is 14.3 Å². The molecule has 1 aromatic carbocycles. The molecule has 174 valence electrons. The van der Waals surface area contributed by atoms with Gasteiger partial charge in [0.1, 0.15) is 16.8 Å². The number of benzene rings is 1. The first kappa shape index (κ1) is 21.7.